The van der Waals surface area contributed by atoms with Crippen molar-refractivity contribution in [1.29, 1.82) is 0 Å². The van der Waals surface area contributed by atoms with Gasteiger partial charge in [0.1, 0.15) is 0 Å². The Morgan fingerprint density at radius 2 is 1.74 bits per heavy atom. The van der Waals surface area contributed by atoms with Crippen molar-refractivity contribution in [2.24, 2.45) is 0 Å². The molecule has 1 aromatic heterocycles. The van der Waals surface area contributed by atoms with Gasteiger partial charge in [-0.3, -0.25) is 4.79 Å². The summed E-state index contributed by atoms with van der Waals surface area (Å²) in [7, 11) is -3.63. The molecule has 8 heteroatoms. The maximum atomic E-state index is 12.5. The van der Waals surface area contributed by atoms with Crippen LogP contribution in [0.25, 0.3) is 10.2 Å². The number of aromatic nitrogens is 1. The Balaban J connectivity index is 1.77. The van der Waals surface area contributed by atoms with Gasteiger partial charge in [0, 0.05) is 16.8 Å². The summed E-state index contributed by atoms with van der Waals surface area (Å²) < 4.78 is 28.2. The van der Waals surface area contributed by atoms with E-state index in [0.29, 0.717) is 11.3 Å². The van der Waals surface area contributed by atoms with Crippen LogP contribution in [0.15, 0.2) is 47.4 Å². The molecule has 0 aliphatic rings. The molecule has 0 saturated carbocycles. The molecule has 0 saturated heterocycles. The summed E-state index contributed by atoms with van der Waals surface area (Å²) in [5, 5.41) is 3.80. The highest BCUT2D eigenvalue weighted by atomic mass is 32.2. The SMILES string of the molecule is Cc1nc2ccc(NC(=O)c3ccc(S(=O)(=O)NC(C)(C)C)cc3)cc2s1. The number of rotatable bonds is 4. The van der Waals surface area contributed by atoms with E-state index in [0.717, 1.165) is 15.2 Å². The third-order valence-corrected chi connectivity index (χ3v) is 6.33. The van der Waals surface area contributed by atoms with Crippen molar-refractivity contribution in [3.05, 3.63) is 53.0 Å². The zero-order chi connectivity index (χ0) is 19.8. The predicted octanol–water partition coefficient (Wildman–Crippen LogP) is 3.93. The number of carbonyl (C=O) groups excluding carboxylic acids is 1. The van der Waals surface area contributed by atoms with Crippen LogP contribution in [0.2, 0.25) is 0 Å². The number of amides is 1. The third kappa shape index (κ3) is 4.71. The fourth-order valence-corrected chi connectivity index (χ4v) is 4.85. The highest BCUT2D eigenvalue weighted by Crippen LogP contribution is 2.25. The Labute approximate surface area is 162 Å². The van der Waals surface area contributed by atoms with E-state index in [9.17, 15) is 13.2 Å². The number of anilines is 1. The molecule has 0 fully saturated rings. The van der Waals surface area contributed by atoms with E-state index in [-0.39, 0.29) is 10.8 Å². The fraction of sp³-hybridized carbons (Fsp3) is 0.263. The van der Waals surface area contributed by atoms with Gasteiger partial charge in [0.2, 0.25) is 10.0 Å². The zero-order valence-electron chi connectivity index (χ0n) is 15.5. The van der Waals surface area contributed by atoms with Crippen LogP contribution in [0.3, 0.4) is 0 Å². The monoisotopic (exact) mass is 403 g/mol. The molecule has 1 amide bonds. The summed E-state index contributed by atoms with van der Waals surface area (Å²) in [6, 6.07) is 11.4. The number of nitrogens with one attached hydrogen (secondary N) is 2. The highest BCUT2D eigenvalue weighted by molar-refractivity contribution is 7.89. The molecule has 0 spiro atoms. The van der Waals surface area contributed by atoms with E-state index in [2.05, 4.69) is 15.0 Å². The number of sulfonamides is 1. The molecule has 3 rings (SSSR count). The summed E-state index contributed by atoms with van der Waals surface area (Å²) in [5.41, 5.74) is 1.37. The van der Waals surface area contributed by atoms with Gasteiger partial charge < -0.3 is 5.32 Å². The van der Waals surface area contributed by atoms with Crippen molar-refractivity contribution in [3.8, 4) is 0 Å². The lowest BCUT2D eigenvalue weighted by Crippen LogP contribution is -2.40. The van der Waals surface area contributed by atoms with Crippen molar-refractivity contribution >= 4 is 43.2 Å². The first-order valence-corrected chi connectivity index (χ1v) is 10.7. The molecule has 2 aromatic carbocycles. The predicted molar refractivity (Wildman–Crippen MR) is 109 cm³/mol. The van der Waals surface area contributed by atoms with Crippen molar-refractivity contribution in [2.75, 3.05) is 5.32 Å². The summed E-state index contributed by atoms with van der Waals surface area (Å²) in [6.45, 7) is 7.25. The lowest BCUT2D eigenvalue weighted by Gasteiger charge is -2.20. The van der Waals surface area contributed by atoms with Crippen LogP contribution in [0.1, 0.15) is 36.1 Å². The standard InChI is InChI=1S/C19H21N3O3S2/c1-12-20-16-10-7-14(11-17(16)26-12)21-18(23)13-5-8-15(9-6-13)27(24,25)22-19(2,3)4/h5-11,22H,1-4H3,(H,21,23). The second-order valence-electron chi connectivity index (χ2n) is 7.25. The van der Waals surface area contributed by atoms with E-state index in [1.807, 2.05) is 19.1 Å². The molecule has 0 atom stereocenters. The van der Waals surface area contributed by atoms with Crippen molar-refractivity contribution in [3.63, 3.8) is 0 Å². The number of hydrogen-bond acceptors (Lipinski definition) is 5. The first kappa shape index (κ1) is 19.5. The van der Waals surface area contributed by atoms with E-state index in [1.165, 1.54) is 24.3 Å². The molecular formula is C19H21N3O3S2. The average Bonchev–Trinajstić information content (AvgIpc) is 2.92. The minimum atomic E-state index is -3.63. The molecular weight excluding hydrogens is 382 g/mol. The van der Waals surface area contributed by atoms with E-state index in [1.54, 1.807) is 38.2 Å². The van der Waals surface area contributed by atoms with Crippen LogP contribution < -0.4 is 10.0 Å². The third-order valence-electron chi connectivity index (χ3n) is 3.62. The van der Waals surface area contributed by atoms with E-state index < -0.39 is 15.6 Å². The van der Waals surface area contributed by atoms with Gasteiger partial charge in [-0.1, -0.05) is 0 Å². The maximum absolute atomic E-state index is 12.5. The molecule has 2 N–H and O–H groups in total. The van der Waals surface area contributed by atoms with Crippen LogP contribution in [-0.4, -0.2) is 24.8 Å². The fourth-order valence-electron chi connectivity index (χ4n) is 2.57. The summed E-state index contributed by atoms with van der Waals surface area (Å²) in [4.78, 5) is 17.0. The summed E-state index contributed by atoms with van der Waals surface area (Å²) in [6.07, 6.45) is 0. The Bertz CT molecular complexity index is 1100. The minimum Gasteiger partial charge on any atom is -0.322 e. The number of aryl methyl sites for hydroxylation is 1. The van der Waals surface area contributed by atoms with Gasteiger partial charge in [-0.2, -0.15) is 0 Å². The molecule has 142 valence electrons. The van der Waals surface area contributed by atoms with Crippen molar-refractivity contribution < 1.29 is 13.2 Å². The Kier molecular flexibility index (Phi) is 5.07. The molecule has 6 nitrogen and oxygen atoms in total. The molecule has 0 radical (unpaired) electrons. The van der Waals surface area contributed by atoms with Crippen LogP contribution in [0.4, 0.5) is 5.69 Å². The molecule has 3 aromatic rings. The molecule has 0 aliphatic heterocycles. The minimum absolute atomic E-state index is 0.121. The Morgan fingerprint density at radius 1 is 1.07 bits per heavy atom. The second-order valence-corrected chi connectivity index (χ2v) is 10.2. The van der Waals surface area contributed by atoms with Crippen molar-refractivity contribution in [2.45, 2.75) is 38.1 Å². The topological polar surface area (TPSA) is 88.2 Å². The maximum Gasteiger partial charge on any atom is 0.255 e. The van der Waals surface area contributed by atoms with E-state index >= 15 is 0 Å². The molecule has 0 bridgehead atoms. The van der Waals surface area contributed by atoms with Crippen LogP contribution in [0.5, 0.6) is 0 Å². The lowest BCUT2D eigenvalue weighted by molar-refractivity contribution is 0.102. The largest absolute Gasteiger partial charge is 0.322 e. The van der Waals surface area contributed by atoms with Gasteiger partial charge in [0.05, 0.1) is 20.1 Å². The number of nitrogens with zero attached hydrogens (tertiary/aromatic N) is 1. The van der Waals surface area contributed by atoms with Gasteiger partial charge >= 0.3 is 0 Å². The van der Waals surface area contributed by atoms with Crippen molar-refractivity contribution in [1.82, 2.24) is 9.71 Å². The Morgan fingerprint density at radius 3 is 2.37 bits per heavy atom. The summed E-state index contributed by atoms with van der Waals surface area (Å²) >= 11 is 1.56. The van der Waals surface area contributed by atoms with Crippen LogP contribution in [0, 0.1) is 6.92 Å². The number of thiazole rings is 1. The lowest BCUT2D eigenvalue weighted by atomic mass is 10.1. The number of carbonyl (C=O) groups is 1. The van der Waals surface area contributed by atoms with Gasteiger partial charge in [-0.05, 0) is 70.2 Å². The first-order valence-electron chi connectivity index (χ1n) is 8.36. The van der Waals surface area contributed by atoms with Gasteiger partial charge in [-0.25, -0.2) is 18.1 Å². The van der Waals surface area contributed by atoms with Gasteiger partial charge in [-0.15, -0.1) is 11.3 Å². The summed E-state index contributed by atoms with van der Waals surface area (Å²) in [5.74, 6) is -0.302. The van der Waals surface area contributed by atoms with Crippen LogP contribution >= 0.6 is 11.3 Å². The van der Waals surface area contributed by atoms with E-state index in [4.69, 9.17) is 0 Å². The van der Waals surface area contributed by atoms with Crippen LogP contribution in [-0.2, 0) is 10.0 Å². The zero-order valence-corrected chi connectivity index (χ0v) is 17.2. The van der Waals surface area contributed by atoms with Gasteiger partial charge in [0.25, 0.3) is 5.91 Å². The highest BCUT2D eigenvalue weighted by Gasteiger charge is 2.22. The average molecular weight is 404 g/mol. The smallest absolute Gasteiger partial charge is 0.255 e. The number of hydrogen-bond donors (Lipinski definition) is 2. The number of fused-ring (bicyclic) bond motifs is 1. The van der Waals surface area contributed by atoms with Gasteiger partial charge in [0.15, 0.2) is 0 Å². The second kappa shape index (κ2) is 7.03. The quantitative estimate of drug-likeness (QED) is 0.691. The normalized spacial score (nSPS) is 12.3. The first-order chi connectivity index (χ1) is 12.5. The molecule has 0 aliphatic carbocycles. The molecule has 27 heavy (non-hydrogen) atoms. The number of benzene rings is 2. The Hall–Kier alpha value is -2.29. The molecule has 0 unspecified atom stereocenters. The molecule has 1 heterocycles.